The molecule has 0 bridgehead atoms. The number of rotatable bonds is 3. The summed E-state index contributed by atoms with van der Waals surface area (Å²) in [4.78, 5) is 7.47. The Kier molecular flexibility index (Phi) is 3.44. The Labute approximate surface area is 125 Å². The molecule has 0 aliphatic rings. The summed E-state index contributed by atoms with van der Waals surface area (Å²) in [6.45, 7) is 0. The molecule has 7 nitrogen and oxygen atoms in total. The average Bonchev–Trinajstić information content (AvgIpc) is 2.93. The lowest BCUT2D eigenvalue weighted by Gasteiger charge is -2.04. The largest absolute Gasteiger partial charge is 0.480 e. The van der Waals surface area contributed by atoms with Crippen molar-refractivity contribution in [3.8, 4) is 28.7 Å². The van der Waals surface area contributed by atoms with Crippen molar-refractivity contribution in [2.75, 3.05) is 7.11 Å². The van der Waals surface area contributed by atoms with Crippen LogP contribution in [0.15, 0.2) is 30.6 Å². The number of aryl methyl sites for hydroxylation is 1. The van der Waals surface area contributed by atoms with E-state index < -0.39 is 0 Å². The smallest absolute Gasteiger partial charge is 0.233 e. The molecule has 0 saturated heterocycles. The van der Waals surface area contributed by atoms with Gasteiger partial charge in [0.05, 0.1) is 19.0 Å². The molecule has 0 unspecified atom stereocenters. The molecular weight excluding hydrogens is 288 g/mol. The predicted octanol–water partition coefficient (Wildman–Crippen LogP) is 2.01. The molecule has 21 heavy (non-hydrogen) atoms. The Morgan fingerprint density at radius 1 is 1.29 bits per heavy atom. The SMILES string of the molecule is COc1ccc(-c2nc(=S)cc(-c3cnn(C)c3)[nH]2)nn1. The molecule has 0 radical (unpaired) electrons. The minimum atomic E-state index is 0.445. The summed E-state index contributed by atoms with van der Waals surface area (Å²) in [5, 5.41) is 12.1. The summed E-state index contributed by atoms with van der Waals surface area (Å²) < 4.78 is 7.18. The lowest BCUT2D eigenvalue weighted by molar-refractivity contribution is 0.392. The quantitative estimate of drug-likeness (QED) is 0.745. The molecule has 0 atom stereocenters. The summed E-state index contributed by atoms with van der Waals surface area (Å²) in [7, 11) is 3.40. The van der Waals surface area contributed by atoms with E-state index in [9.17, 15) is 0 Å². The number of nitrogens with one attached hydrogen (secondary N) is 1. The van der Waals surface area contributed by atoms with Gasteiger partial charge in [0.15, 0.2) is 5.82 Å². The van der Waals surface area contributed by atoms with Gasteiger partial charge in [-0.2, -0.15) is 5.10 Å². The predicted molar refractivity (Wildman–Crippen MR) is 79.2 cm³/mol. The van der Waals surface area contributed by atoms with Crippen molar-refractivity contribution in [2.45, 2.75) is 0 Å². The van der Waals surface area contributed by atoms with E-state index >= 15 is 0 Å². The summed E-state index contributed by atoms with van der Waals surface area (Å²) in [5.74, 6) is 0.997. The Hall–Kier alpha value is -2.61. The lowest BCUT2D eigenvalue weighted by atomic mass is 10.2. The molecule has 0 aromatic carbocycles. The van der Waals surface area contributed by atoms with Crippen molar-refractivity contribution < 1.29 is 4.74 Å². The van der Waals surface area contributed by atoms with Crippen LogP contribution in [0.5, 0.6) is 5.88 Å². The normalized spacial score (nSPS) is 10.6. The van der Waals surface area contributed by atoms with E-state index in [0.29, 0.717) is 22.0 Å². The molecule has 3 heterocycles. The second-order valence-electron chi connectivity index (χ2n) is 4.35. The highest BCUT2D eigenvalue weighted by Gasteiger charge is 2.08. The van der Waals surface area contributed by atoms with Gasteiger partial charge in [-0.1, -0.05) is 12.2 Å². The van der Waals surface area contributed by atoms with Crippen LogP contribution in [0, 0.1) is 4.64 Å². The van der Waals surface area contributed by atoms with Gasteiger partial charge in [-0.3, -0.25) is 4.68 Å². The maximum absolute atomic E-state index is 5.21. The van der Waals surface area contributed by atoms with Gasteiger partial charge in [0, 0.05) is 24.9 Å². The number of H-pyrrole nitrogens is 1. The molecule has 0 spiro atoms. The number of methoxy groups -OCH3 is 1. The summed E-state index contributed by atoms with van der Waals surface area (Å²) in [6.07, 6.45) is 3.65. The van der Waals surface area contributed by atoms with E-state index in [4.69, 9.17) is 17.0 Å². The average molecular weight is 300 g/mol. The van der Waals surface area contributed by atoms with E-state index in [1.807, 2.05) is 13.2 Å². The first-order chi connectivity index (χ1) is 10.2. The number of hydrogen-bond donors (Lipinski definition) is 1. The first kappa shape index (κ1) is 13.4. The van der Waals surface area contributed by atoms with Crippen molar-refractivity contribution in [1.82, 2.24) is 29.9 Å². The molecule has 0 saturated carbocycles. The molecule has 0 aliphatic carbocycles. The van der Waals surface area contributed by atoms with Gasteiger partial charge >= 0.3 is 0 Å². The van der Waals surface area contributed by atoms with Gasteiger partial charge in [0.2, 0.25) is 5.88 Å². The lowest BCUT2D eigenvalue weighted by Crippen LogP contribution is -1.97. The van der Waals surface area contributed by atoms with Crippen LogP contribution < -0.4 is 4.74 Å². The van der Waals surface area contributed by atoms with Crippen LogP contribution in [0.25, 0.3) is 22.8 Å². The van der Waals surface area contributed by atoms with Crippen LogP contribution in [-0.4, -0.2) is 37.1 Å². The van der Waals surface area contributed by atoms with Crippen LogP contribution in [-0.2, 0) is 7.05 Å². The van der Waals surface area contributed by atoms with E-state index in [1.54, 1.807) is 36.2 Å². The van der Waals surface area contributed by atoms with Gasteiger partial charge in [-0.05, 0) is 12.1 Å². The Morgan fingerprint density at radius 2 is 2.14 bits per heavy atom. The Balaban J connectivity index is 2.06. The van der Waals surface area contributed by atoms with E-state index in [1.165, 1.54) is 0 Å². The number of hydrogen-bond acceptors (Lipinski definition) is 6. The molecule has 8 heteroatoms. The van der Waals surface area contributed by atoms with E-state index in [2.05, 4.69) is 25.3 Å². The first-order valence-corrected chi connectivity index (χ1v) is 6.55. The van der Waals surface area contributed by atoms with Gasteiger partial charge in [-0.25, -0.2) is 4.98 Å². The maximum atomic E-state index is 5.21. The van der Waals surface area contributed by atoms with Crippen molar-refractivity contribution in [2.24, 2.45) is 7.05 Å². The van der Waals surface area contributed by atoms with Crippen molar-refractivity contribution in [3.05, 3.63) is 35.2 Å². The number of aromatic amines is 1. The van der Waals surface area contributed by atoms with Gasteiger partial charge in [0.25, 0.3) is 0 Å². The van der Waals surface area contributed by atoms with Crippen LogP contribution >= 0.6 is 12.2 Å². The third-order valence-electron chi connectivity index (χ3n) is 2.85. The fourth-order valence-corrected chi connectivity index (χ4v) is 2.06. The maximum Gasteiger partial charge on any atom is 0.233 e. The van der Waals surface area contributed by atoms with Crippen molar-refractivity contribution in [1.29, 1.82) is 0 Å². The molecule has 1 N–H and O–H groups in total. The van der Waals surface area contributed by atoms with E-state index in [0.717, 1.165) is 11.3 Å². The fraction of sp³-hybridized carbons (Fsp3) is 0.154. The fourth-order valence-electron chi connectivity index (χ4n) is 1.85. The van der Waals surface area contributed by atoms with Crippen molar-refractivity contribution >= 4 is 12.2 Å². The summed E-state index contributed by atoms with van der Waals surface area (Å²) >= 11 is 5.21. The van der Waals surface area contributed by atoms with Gasteiger partial charge in [0.1, 0.15) is 10.3 Å². The van der Waals surface area contributed by atoms with Crippen LogP contribution in [0.2, 0.25) is 0 Å². The van der Waals surface area contributed by atoms with Crippen LogP contribution in [0.3, 0.4) is 0 Å². The minimum absolute atomic E-state index is 0.445. The molecule has 0 fully saturated rings. The standard InChI is InChI=1S/C13H12N6OS/c1-19-7-8(6-14-19)10-5-12(21)16-13(15-10)9-3-4-11(20-2)18-17-9/h3-7H,1-2H3,(H,15,16,21). The third kappa shape index (κ3) is 2.79. The Morgan fingerprint density at radius 3 is 2.76 bits per heavy atom. The van der Waals surface area contributed by atoms with Crippen LogP contribution in [0.1, 0.15) is 0 Å². The van der Waals surface area contributed by atoms with Gasteiger partial charge in [-0.15, -0.1) is 10.2 Å². The highest BCUT2D eigenvalue weighted by atomic mass is 32.1. The molecule has 0 aliphatic heterocycles. The number of nitrogens with zero attached hydrogens (tertiary/aromatic N) is 5. The Bertz CT molecular complexity index is 823. The van der Waals surface area contributed by atoms with Crippen molar-refractivity contribution in [3.63, 3.8) is 0 Å². The molecule has 106 valence electrons. The zero-order valence-corrected chi connectivity index (χ0v) is 12.3. The second kappa shape index (κ2) is 5.41. The highest BCUT2D eigenvalue weighted by molar-refractivity contribution is 7.71. The topological polar surface area (TPSA) is 81.5 Å². The molecule has 3 aromatic rings. The molecule has 0 amide bonds. The third-order valence-corrected chi connectivity index (χ3v) is 3.06. The molecular formula is C13H12N6OS. The zero-order chi connectivity index (χ0) is 14.8. The minimum Gasteiger partial charge on any atom is -0.480 e. The van der Waals surface area contributed by atoms with Gasteiger partial charge < -0.3 is 9.72 Å². The zero-order valence-electron chi connectivity index (χ0n) is 11.4. The summed E-state index contributed by atoms with van der Waals surface area (Å²) in [6, 6.07) is 5.27. The number of ether oxygens (including phenoxy) is 1. The highest BCUT2D eigenvalue weighted by Crippen LogP contribution is 2.20. The molecule has 3 aromatic heterocycles. The monoisotopic (exact) mass is 300 g/mol. The molecule has 3 rings (SSSR count). The van der Waals surface area contributed by atoms with E-state index in [-0.39, 0.29) is 0 Å². The number of aromatic nitrogens is 6. The summed E-state index contributed by atoms with van der Waals surface area (Å²) in [5.41, 5.74) is 2.34. The van der Waals surface area contributed by atoms with Crippen LogP contribution in [0.4, 0.5) is 0 Å². The second-order valence-corrected chi connectivity index (χ2v) is 4.76. The first-order valence-electron chi connectivity index (χ1n) is 6.14.